The molecule has 8 nitrogen and oxygen atoms in total. The largest absolute Gasteiger partial charge is 0.506 e. The molecule has 0 aromatic heterocycles. The predicted octanol–water partition coefficient (Wildman–Crippen LogP) is 4.23. The Bertz CT molecular complexity index is 1100. The van der Waals surface area contributed by atoms with Crippen LogP contribution in [0.4, 0.5) is 5.69 Å². The van der Waals surface area contributed by atoms with Gasteiger partial charge in [0.15, 0.2) is 22.8 Å². The van der Waals surface area contributed by atoms with E-state index in [1.807, 2.05) is 13.8 Å². The lowest BCUT2D eigenvalue weighted by atomic mass is 10.1. The number of thioether (sulfide) groups is 1. The Balaban J connectivity index is 1.85. The van der Waals surface area contributed by atoms with E-state index in [0.717, 1.165) is 17.3 Å². The second-order valence-corrected chi connectivity index (χ2v) is 8.00. The summed E-state index contributed by atoms with van der Waals surface area (Å²) in [5.41, 5.74) is 1.99. The van der Waals surface area contributed by atoms with Gasteiger partial charge in [-0.1, -0.05) is 19.1 Å². The molecule has 2 aromatic rings. The van der Waals surface area contributed by atoms with Crippen LogP contribution in [0.1, 0.15) is 31.4 Å². The zero-order chi connectivity index (χ0) is 23.3. The number of nitrogens with zero attached hydrogens (tertiary/aromatic N) is 1. The first-order valence-corrected chi connectivity index (χ1v) is 10.9. The number of phenols is 1. The number of aryl methyl sites for hydroxylation is 1. The molecule has 9 heteroatoms. The monoisotopic (exact) mass is 456 g/mol. The second kappa shape index (κ2) is 10.2. The van der Waals surface area contributed by atoms with Crippen LogP contribution in [0.5, 0.6) is 17.2 Å². The summed E-state index contributed by atoms with van der Waals surface area (Å²) < 4.78 is 11.2. The van der Waals surface area contributed by atoms with Crippen molar-refractivity contribution in [3.05, 3.63) is 52.4 Å². The molecule has 1 aliphatic rings. The number of hydrogen-bond acceptors (Lipinski definition) is 7. The summed E-state index contributed by atoms with van der Waals surface area (Å²) in [6, 6.07) is 10.1. The van der Waals surface area contributed by atoms with Crippen molar-refractivity contribution in [1.29, 1.82) is 0 Å². The van der Waals surface area contributed by atoms with E-state index >= 15 is 0 Å². The molecule has 1 amide bonds. The van der Waals surface area contributed by atoms with E-state index < -0.39 is 12.1 Å². The van der Waals surface area contributed by atoms with E-state index in [2.05, 4.69) is 10.3 Å². The molecule has 32 heavy (non-hydrogen) atoms. The third-order valence-electron chi connectivity index (χ3n) is 4.48. The lowest BCUT2D eigenvalue weighted by molar-refractivity contribution is -0.145. The van der Waals surface area contributed by atoms with Crippen molar-refractivity contribution in [2.24, 2.45) is 4.99 Å². The zero-order valence-corrected chi connectivity index (χ0v) is 18.7. The maximum Gasteiger partial charge on any atom is 0.344 e. The summed E-state index contributed by atoms with van der Waals surface area (Å²) in [7, 11) is 0. The molecule has 1 saturated heterocycles. The minimum atomic E-state index is -1.05. The summed E-state index contributed by atoms with van der Waals surface area (Å²) in [6.07, 6.45) is 1.01. The molecule has 0 saturated carbocycles. The molecule has 0 bridgehead atoms. The summed E-state index contributed by atoms with van der Waals surface area (Å²) in [5.74, 6) is -0.616. The number of rotatable bonds is 8. The van der Waals surface area contributed by atoms with Crippen molar-refractivity contribution in [1.82, 2.24) is 5.32 Å². The molecular formula is C23H24N2O6S. The number of aliphatic carboxylic acids is 1. The van der Waals surface area contributed by atoms with Crippen LogP contribution in [0, 0.1) is 6.92 Å². The Morgan fingerprint density at radius 1 is 1.22 bits per heavy atom. The molecule has 1 fully saturated rings. The molecule has 168 valence electrons. The van der Waals surface area contributed by atoms with Crippen molar-refractivity contribution in [2.45, 2.75) is 33.3 Å². The number of carbonyl (C=O) groups excluding carboxylic acids is 1. The van der Waals surface area contributed by atoms with Crippen LogP contribution < -0.4 is 14.8 Å². The number of hydrogen-bond donors (Lipinski definition) is 3. The third-order valence-corrected chi connectivity index (χ3v) is 5.39. The van der Waals surface area contributed by atoms with E-state index in [-0.39, 0.29) is 11.7 Å². The first-order valence-electron chi connectivity index (χ1n) is 10.1. The molecule has 1 unspecified atom stereocenters. The topological polar surface area (TPSA) is 117 Å². The lowest BCUT2D eigenvalue weighted by Crippen LogP contribution is -2.26. The number of aromatic hydroxyl groups is 1. The van der Waals surface area contributed by atoms with Gasteiger partial charge in [0.25, 0.3) is 5.91 Å². The summed E-state index contributed by atoms with van der Waals surface area (Å²) in [6.45, 7) is 5.79. The van der Waals surface area contributed by atoms with Crippen molar-refractivity contribution < 1.29 is 29.3 Å². The van der Waals surface area contributed by atoms with Gasteiger partial charge >= 0.3 is 5.97 Å². The summed E-state index contributed by atoms with van der Waals surface area (Å²) >= 11 is 1.15. The van der Waals surface area contributed by atoms with Crippen LogP contribution in [0.2, 0.25) is 0 Å². The Morgan fingerprint density at radius 2 is 2.00 bits per heavy atom. The van der Waals surface area contributed by atoms with Gasteiger partial charge in [-0.15, -0.1) is 0 Å². The number of carboxylic acid groups (broad SMARTS) is 1. The molecule has 0 aliphatic carbocycles. The molecule has 3 rings (SSSR count). The van der Waals surface area contributed by atoms with Crippen molar-refractivity contribution in [3.8, 4) is 17.2 Å². The Morgan fingerprint density at radius 3 is 2.69 bits per heavy atom. The van der Waals surface area contributed by atoms with Crippen molar-refractivity contribution >= 4 is 40.6 Å². The number of benzene rings is 2. The second-order valence-electron chi connectivity index (χ2n) is 6.97. The van der Waals surface area contributed by atoms with Gasteiger partial charge in [0.2, 0.25) is 0 Å². The first-order chi connectivity index (χ1) is 15.3. The number of nitrogens with one attached hydrogen (secondary N) is 1. The fourth-order valence-corrected chi connectivity index (χ4v) is 3.74. The molecule has 0 radical (unpaired) electrons. The Kier molecular flexibility index (Phi) is 7.42. The van der Waals surface area contributed by atoms with E-state index in [0.29, 0.717) is 45.9 Å². The van der Waals surface area contributed by atoms with Crippen LogP contribution in [0.25, 0.3) is 6.08 Å². The molecule has 0 spiro atoms. The molecular weight excluding hydrogens is 432 g/mol. The SMILES string of the molecule is CCOc1cc(/C=C2/SC(=Nc3cc(C)ccc3O)NC2=O)ccc1OC(CC)C(=O)O. The molecule has 1 heterocycles. The van der Waals surface area contributed by atoms with Gasteiger partial charge in [-0.3, -0.25) is 4.79 Å². The molecule has 1 aliphatic heterocycles. The normalized spacial score (nSPS) is 16.8. The van der Waals surface area contributed by atoms with Crippen LogP contribution in [-0.2, 0) is 9.59 Å². The number of amidine groups is 1. The quantitative estimate of drug-likeness (QED) is 0.509. The van der Waals surface area contributed by atoms with Crippen molar-refractivity contribution in [3.63, 3.8) is 0 Å². The van der Waals surface area contributed by atoms with E-state index in [4.69, 9.17) is 9.47 Å². The third kappa shape index (κ3) is 5.61. The van der Waals surface area contributed by atoms with Gasteiger partial charge in [-0.05, 0) is 73.5 Å². The van der Waals surface area contributed by atoms with E-state index in [1.54, 1.807) is 49.4 Å². The highest BCUT2D eigenvalue weighted by molar-refractivity contribution is 8.18. The first kappa shape index (κ1) is 23.2. The number of ether oxygens (including phenoxy) is 2. The van der Waals surface area contributed by atoms with Gasteiger partial charge in [0.05, 0.1) is 11.5 Å². The maximum absolute atomic E-state index is 12.4. The molecule has 2 aromatic carbocycles. The summed E-state index contributed by atoms with van der Waals surface area (Å²) in [5, 5.41) is 22.3. The number of carboxylic acids is 1. The van der Waals surface area contributed by atoms with Gasteiger partial charge in [0.1, 0.15) is 11.4 Å². The van der Waals surface area contributed by atoms with E-state index in [1.165, 1.54) is 0 Å². The average molecular weight is 457 g/mol. The number of amides is 1. The van der Waals surface area contributed by atoms with Gasteiger partial charge in [0, 0.05) is 0 Å². The lowest BCUT2D eigenvalue weighted by Gasteiger charge is -2.16. The number of aliphatic imine (C=N–C) groups is 1. The number of phenolic OH excluding ortho intramolecular Hbond substituents is 1. The highest BCUT2D eigenvalue weighted by Crippen LogP contribution is 2.34. The Hall–Kier alpha value is -3.46. The van der Waals surface area contributed by atoms with Crippen molar-refractivity contribution in [2.75, 3.05) is 6.61 Å². The fraction of sp³-hybridized carbons (Fsp3) is 0.261. The molecule has 3 N–H and O–H groups in total. The minimum Gasteiger partial charge on any atom is -0.506 e. The Labute approximate surface area is 190 Å². The smallest absolute Gasteiger partial charge is 0.344 e. The number of carbonyl (C=O) groups is 2. The average Bonchev–Trinajstić information content (AvgIpc) is 3.08. The maximum atomic E-state index is 12.4. The van der Waals surface area contributed by atoms with Gasteiger partial charge in [-0.25, -0.2) is 9.79 Å². The molecule has 1 atom stereocenters. The zero-order valence-electron chi connectivity index (χ0n) is 17.9. The standard InChI is InChI=1S/C23H24N2O6S/c1-4-17(22(28)29)31-18-9-7-14(11-19(18)30-5-2)12-20-21(27)25-23(32-20)24-15-10-13(3)6-8-16(15)26/h6-12,17,26H,4-5H2,1-3H3,(H,28,29)(H,24,25,27)/b20-12+. The van der Waals surface area contributed by atoms with Crippen LogP contribution >= 0.6 is 11.8 Å². The predicted molar refractivity (Wildman–Crippen MR) is 124 cm³/mol. The summed E-state index contributed by atoms with van der Waals surface area (Å²) in [4.78, 5) is 28.4. The van der Waals surface area contributed by atoms with Gasteiger partial charge < -0.3 is 25.0 Å². The van der Waals surface area contributed by atoms with Crippen LogP contribution in [0.15, 0.2) is 46.3 Å². The van der Waals surface area contributed by atoms with E-state index in [9.17, 15) is 19.8 Å². The fourth-order valence-electron chi connectivity index (χ4n) is 2.91. The van der Waals surface area contributed by atoms with Gasteiger partial charge in [-0.2, -0.15) is 0 Å². The minimum absolute atomic E-state index is 0.0269. The highest BCUT2D eigenvalue weighted by Gasteiger charge is 2.25. The van der Waals surface area contributed by atoms with Crippen LogP contribution in [0.3, 0.4) is 0 Å². The highest BCUT2D eigenvalue weighted by atomic mass is 32.2. The van der Waals surface area contributed by atoms with Crippen LogP contribution in [-0.4, -0.2) is 40.0 Å².